The summed E-state index contributed by atoms with van der Waals surface area (Å²) in [6.07, 6.45) is 3.26. The molecule has 1 atom stereocenters. The number of anilines is 1. The van der Waals surface area contributed by atoms with Gasteiger partial charge in [-0.25, -0.2) is 4.98 Å². The first-order valence-corrected chi connectivity index (χ1v) is 9.42. The predicted molar refractivity (Wildman–Crippen MR) is 92.5 cm³/mol. The van der Waals surface area contributed by atoms with E-state index in [1.807, 2.05) is 22.7 Å². The van der Waals surface area contributed by atoms with Crippen molar-refractivity contribution in [3.63, 3.8) is 0 Å². The van der Waals surface area contributed by atoms with Crippen LogP contribution in [0.1, 0.15) is 42.1 Å². The topological polar surface area (TPSA) is 19.4 Å². The number of rotatable bonds is 5. The number of hydrogen-bond acceptors (Lipinski definition) is 5. The Morgan fingerprint density at radius 2 is 2.19 bits per heavy atom. The molecular weight excluding hydrogens is 298 g/mol. The van der Waals surface area contributed by atoms with Crippen LogP contribution < -0.4 is 4.90 Å². The van der Waals surface area contributed by atoms with Crippen LogP contribution >= 0.6 is 22.7 Å². The normalized spacial score (nSPS) is 18.7. The predicted octanol–water partition coefficient (Wildman–Crippen LogP) is 4.17. The Morgan fingerprint density at radius 1 is 1.38 bits per heavy atom. The maximum absolute atomic E-state index is 4.60. The summed E-state index contributed by atoms with van der Waals surface area (Å²) in [5.41, 5.74) is 1.53. The van der Waals surface area contributed by atoms with Gasteiger partial charge in [-0.1, -0.05) is 0 Å². The van der Waals surface area contributed by atoms with E-state index >= 15 is 0 Å². The van der Waals surface area contributed by atoms with E-state index in [4.69, 9.17) is 0 Å². The number of thiazole rings is 1. The number of hydrogen-bond donors (Lipinski definition) is 0. The highest BCUT2D eigenvalue weighted by atomic mass is 32.1. The van der Waals surface area contributed by atoms with Gasteiger partial charge in [-0.3, -0.25) is 4.90 Å². The van der Waals surface area contributed by atoms with E-state index in [1.54, 1.807) is 4.88 Å². The van der Waals surface area contributed by atoms with E-state index in [-0.39, 0.29) is 0 Å². The fourth-order valence-electron chi connectivity index (χ4n) is 2.99. The molecule has 0 N–H and O–H groups in total. The third-order valence-corrected chi connectivity index (χ3v) is 6.38. The van der Waals surface area contributed by atoms with Crippen molar-refractivity contribution in [2.75, 3.05) is 24.5 Å². The molecule has 114 valence electrons. The molecule has 3 heterocycles. The van der Waals surface area contributed by atoms with Gasteiger partial charge in [0.1, 0.15) is 0 Å². The summed E-state index contributed by atoms with van der Waals surface area (Å²) in [5, 5.41) is 3.39. The van der Waals surface area contributed by atoms with E-state index in [0.29, 0.717) is 6.04 Å². The number of nitrogens with zero attached hydrogens (tertiary/aromatic N) is 3. The molecule has 3 rings (SSSR count). The minimum atomic E-state index is 0.527. The minimum absolute atomic E-state index is 0.527. The van der Waals surface area contributed by atoms with E-state index in [9.17, 15) is 0 Å². The average molecular weight is 322 g/mol. The summed E-state index contributed by atoms with van der Waals surface area (Å²) in [6, 6.07) is 2.82. The lowest BCUT2D eigenvalue weighted by atomic mass is 10.0. The lowest BCUT2D eigenvalue weighted by Gasteiger charge is -2.33. The van der Waals surface area contributed by atoms with E-state index in [2.05, 4.69) is 53.2 Å². The van der Waals surface area contributed by atoms with Gasteiger partial charge < -0.3 is 4.90 Å². The van der Waals surface area contributed by atoms with Gasteiger partial charge in [0.2, 0.25) is 0 Å². The highest BCUT2D eigenvalue weighted by Gasteiger charge is 2.25. The molecule has 2 aromatic heterocycles. The van der Waals surface area contributed by atoms with Crippen LogP contribution in [0.3, 0.4) is 0 Å². The molecule has 0 aromatic carbocycles. The van der Waals surface area contributed by atoms with Gasteiger partial charge in [0.25, 0.3) is 0 Å². The van der Waals surface area contributed by atoms with Crippen molar-refractivity contribution in [2.24, 2.45) is 0 Å². The van der Waals surface area contributed by atoms with Crippen LogP contribution in [-0.2, 0) is 13.0 Å². The number of fused-ring (bicyclic) bond motifs is 1. The van der Waals surface area contributed by atoms with Crippen molar-refractivity contribution < 1.29 is 0 Å². The molecule has 0 bridgehead atoms. The molecule has 0 spiro atoms. The minimum Gasteiger partial charge on any atom is -0.349 e. The van der Waals surface area contributed by atoms with Gasteiger partial charge in [-0.15, -0.1) is 22.7 Å². The maximum atomic E-state index is 4.60. The number of thiophene rings is 1. The molecule has 0 amide bonds. The molecule has 21 heavy (non-hydrogen) atoms. The molecule has 5 heteroatoms. The average Bonchev–Trinajstić information content (AvgIpc) is 3.13. The van der Waals surface area contributed by atoms with Gasteiger partial charge >= 0.3 is 0 Å². The monoisotopic (exact) mass is 321 g/mol. The van der Waals surface area contributed by atoms with Crippen LogP contribution in [0.25, 0.3) is 0 Å². The van der Waals surface area contributed by atoms with Gasteiger partial charge in [0.15, 0.2) is 5.13 Å². The summed E-state index contributed by atoms with van der Waals surface area (Å²) in [4.78, 5) is 12.5. The fraction of sp³-hybridized carbons (Fsp3) is 0.562. The van der Waals surface area contributed by atoms with E-state index in [0.717, 1.165) is 31.3 Å². The Bertz CT molecular complexity index is 586. The van der Waals surface area contributed by atoms with Crippen LogP contribution in [-0.4, -0.2) is 29.5 Å². The van der Waals surface area contributed by atoms with Gasteiger partial charge in [-0.2, -0.15) is 0 Å². The number of aromatic nitrogens is 1. The standard InChI is InChI=1S/C16H23N3S2/c1-4-18(5-2)16-17-10-13(21-16)11-19-8-6-15-14(12(19)3)7-9-20-15/h7,9-10,12H,4-6,8,11H2,1-3H3. The zero-order valence-corrected chi connectivity index (χ0v) is 14.6. The highest BCUT2D eigenvalue weighted by Crippen LogP contribution is 2.34. The molecule has 0 radical (unpaired) electrons. The second-order valence-corrected chi connectivity index (χ2v) is 7.57. The van der Waals surface area contributed by atoms with Crippen LogP contribution in [0.5, 0.6) is 0 Å². The van der Waals surface area contributed by atoms with E-state index in [1.165, 1.54) is 16.9 Å². The zero-order chi connectivity index (χ0) is 14.8. The summed E-state index contributed by atoms with van der Waals surface area (Å²) >= 11 is 3.75. The van der Waals surface area contributed by atoms with Crippen molar-refractivity contribution in [3.8, 4) is 0 Å². The Labute approximate surface area is 135 Å². The first-order chi connectivity index (χ1) is 10.2. The molecule has 1 unspecified atom stereocenters. The first kappa shape index (κ1) is 15.0. The van der Waals surface area contributed by atoms with Gasteiger partial charge in [0.05, 0.1) is 0 Å². The van der Waals surface area contributed by atoms with Crippen molar-refractivity contribution in [2.45, 2.75) is 39.8 Å². The molecule has 0 fully saturated rings. The fourth-order valence-corrected chi connectivity index (χ4v) is 5.01. The molecule has 0 aliphatic carbocycles. The van der Waals surface area contributed by atoms with E-state index < -0.39 is 0 Å². The van der Waals surface area contributed by atoms with Gasteiger partial charge in [0, 0.05) is 48.2 Å². The molecular formula is C16H23N3S2. The van der Waals surface area contributed by atoms with Crippen molar-refractivity contribution >= 4 is 27.8 Å². The third kappa shape index (κ3) is 3.00. The Balaban J connectivity index is 1.70. The van der Waals surface area contributed by atoms with Crippen molar-refractivity contribution in [1.82, 2.24) is 9.88 Å². The molecule has 1 aliphatic rings. The smallest absolute Gasteiger partial charge is 0.185 e. The molecule has 0 saturated heterocycles. The second-order valence-electron chi connectivity index (χ2n) is 5.48. The van der Waals surface area contributed by atoms with Crippen molar-refractivity contribution in [3.05, 3.63) is 33.0 Å². The summed E-state index contributed by atoms with van der Waals surface area (Å²) in [5.74, 6) is 0. The summed E-state index contributed by atoms with van der Waals surface area (Å²) in [7, 11) is 0. The summed E-state index contributed by atoms with van der Waals surface area (Å²) < 4.78 is 0. The maximum Gasteiger partial charge on any atom is 0.185 e. The zero-order valence-electron chi connectivity index (χ0n) is 13.0. The lowest BCUT2D eigenvalue weighted by molar-refractivity contribution is 0.193. The molecule has 0 saturated carbocycles. The summed E-state index contributed by atoms with van der Waals surface area (Å²) in [6.45, 7) is 11.0. The first-order valence-electron chi connectivity index (χ1n) is 7.72. The van der Waals surface area contributed by atoms with Gasteiger partial charge in [-0.05, 0) is 44.2 Å². The van der Waals surface area contributed by atoms with Crippen molar-refractivity contribution in [1.29, 1.82) is 0 Å². The van der Waals surface area contributed by atoms with Crippen LogP contribution in [0, 0.1) is 0 Å². The SMILES string of the molecule is CCN(CC)c1ncc(CN2CCc3sccc3C2C)s1. The van der Waals surface area contributed by atoms with Crippen LogP contribution in [0.4, 0.5) is 5.13 Å². The quantitative estimate of drug-likeness (QED) is 0.824. The Kier molecular flexibility index (Phi) is 4.62. The Hall–Kier alpha value is -0.910. The molecule has 1 aliphatic heterocycles. The second kappa shape index (κ2) is 6.46. The highest BCUT2D eigenvalue weighted by molar-refractivity contribution is 7.15. The lowest BCUT2D eigenvalue weighted by Crippen LogP contribution is -2.32. The third-order valence-electron chi connectivity index (χ3n) is 4.34. The molecule has 2 aromatic rings. The molecule has 3 nitrogen and oxygen atoms in total. The van der Waals surface area contributed by atoms with Crippen LogP contribution in [0.15, 0.2) is 17.6 Å². The largest absolute Gasteiger partial charge is 0.349 e. The Morgan fingerprint density at radius 3 is 2.95 bits per heavy atom. The van der Waals surface area contributed by atoms with Crippen LogP contribution in [0.2, 0.25) is 0 Å².